The van der Waals surface area contributed by atoms with Crippen LogP contribution in [-0.2, 0) is 36.5 Å². The number of carbonyl (C=O) groups is 2. The Morgan fingerprint density at radius 3 is 1.33 bits per heavy atom. The van der Waals surface area contributed by atoms with Gasteiger partial charge in [-0.15, -0.1) is 0 Å². The minimum absolute atomic E-state index is 0.0988. The molecular weight excluding hydrogens is 555 g/mol. The molecule has 0 aliphatic rings. The normalized spacial score (nSPS) is 12.3. The van der Waals surface area contributed by atoms with Crippen LogP contribution in [-0.4, -0.2) is 23.0 Å². The molecule has 10 heteroatoms. The van der Waals surface area contributed by atoms with Crippen molar-refractivity contribution in [2.75, 3.05) is 0 Å². The smallest absolute Gasteiger partial charge is 0.306 e. The molecule has 9 nitrogen and oxygen atoms in total. The molecule has 0 fully saturated rings. The summed E-state index contributed by atoms with van der Waals surface area (Å²) in [4.78, 5) is 37.4. The van der Waals surface area contributed by atoms with Crippen molar-refractivity contribution in [3.05, 3.63) is 70.8 Å². The number of rotatable bonds is 18. The molecule has 0 bridgehead atoms. The van der Waals surface area contributed by atoms with Crippen LogP contribution in [0.2, 0.25) is 0 Å². The maximum Gasteiger partial charge on any atom is 0.319 e. The van der Waals surface area contributed by atoms with E-state index in [1.165, 1.54) is 0 Å². The van der Waals surface area contributed by atoms with Crippen LogP contribution in [0.1, 0.15) is 113 Å². The topological polar surface area (TPSA) is 112 Å². The average Bonchev–Trinajstić information content (AvgIpc) is 2.97. The van der Waals surface area contributed by atoms with Gasteiger partial charge in [0.05, 0.1) is 24.4 Å². The Kier molecular flexibility index (Phi) is 14.4. The van der Waals surface area contributed by atoms with Crippen LogP contribution < -0.4 is 11.0 Å². The number of hydrogen-bond acceptors (Lipinski definition) is 7. The number of amides is 2. The third kappa shape index (κ3) is 10.3. The Labute approximate surface area is 251 Å². The number of nitrogens with one attached hydrogen (secondary N) is 2. The van der Waals surface area contributed by atoms with Crippen LogP contribution in [0.5, 0.6) is 0 Å². The molecule has 0 atom stereocenters. The van der Waals surface area contributed by atoms with Gasteiger partial charge < -0.3 is 9.05 Å². The SMILES string of the molecule is CCC(CC)C(C)(C)ONC(=O)c1ccccc1CO[PH](=O)OCc1ccccc1C(=O)NOC(C)(C)C(CC)CC. The van der Waals surface area contributed by atoms with E-state index in [0.717, 1.165) is 25.7 Å². The highest BCUT2D eigenvalue weighted by atomic mass is 31.1. The third-order valence-electron chi connectivity index (χ3n) is 7.97. The molecule has 2 aromatic carbocycles. The lowest BCUT2D eigenvalue weighted by molar-refractivity contribution is -0.105. The summed E-state index contributed by atoms with van der Waals surface area (Å²) >= 11 is 0. The molecule has 0 aromatic heterocycles. The first-order valence-corrected chi connectivity index (χ1v) is 16.0. The Morgan fingerprint density at radius 1 is 0.667 bits per heavy atom. The second-order valence-corrected chi connectivity index (χ2v) is 12.5. The van der Waals surface area contributed by atoms with Crippen molar-refractivity contribution in [1.82, 2.24) is 11.0 Å². The fourth-order valence-corrected chi connectivity index (χ4v) is 5.86. The van der Waals surface area contributed by atoms with E-state index in [1.807, 2.05) is 27.7 Å². The molecule has 0 saturated carbocycles. The summed E-state index contributed by atoms with van der Waals surface area (Å²) in [7, 11) is -2.95. The number of carbonyl (C=O) groups excluding carboxylic acids is 2. The third-order valence-corrected chi connectivity index (χ3v) is 8.73. The zero-order valence-electron chi connectivity index (χ0n) is 26.4. The fraction of sp³-hybridized carbons (Fsp3) is 0.562. The van der Waals surface area contributed by atoms with Crippen molar-refractivity contribution in [2.45, 2.75) is 105 Å². The van der Waals surface area contributed by atoms with Gasteiger partial charge in [-0.05, 0) is 62.8 Å². The highest BCUT2D eigenvalue weighted by Crippen LogP contribution is 2.30. The van der Waals surface area contributed by atoms with Gasteiger partial charge in [-0.2, -0.15) is 0 Å². The maximum absolute atomic E-state index is 12.9. The number of benzene rings is 2. The van der Waals surface area contributed by atoms with Gasteiger partial charge in [0, 0.05) is 11.1 Å². The Balaban J connectivity index is 1.97. The summed E-state index contributed by atoms with van der Waals surface area (Å²) < 4.78 is 23.6. The minimum Gasteiger partial charge on any atom is -0.306 e. The van der Waals surface area contributed by atoms with E-state index >= 15 is 0 Å². The summed E-state index contributed by atoms with van der Waals surface area (Å²) in [6, 6.07) is 13.8. The van der Waals surface area contributed by atoms with E-state index < -0.39 is 31.3 Å². The molecule has 0 heterocycles. The van der Waals surface area contributed by atoms with Gasteiger partial charge in [-0.3, -0.25) is 23.8 Å². The van der Waals surface area contributed by atoms with Crippen molar-refractivity contribution in [1.29, 1.82) is 0 Å². The summed E-state index contributed by atoms with van der Waals surface area (Å²) in [6.07, 6.45) is 3.71. The van der Waals surface area contributed by atoms with Gasteiger partial charge >= 0.3 is 8.25 Å². The van der Waals surface area contributed by atoms with E-state index in [-0.39, 0.29) is 25.0 Å². The molecule has 0 aliphatic carbocycles. The van der Waals surface area contributed by atoms with Crippen molar-refractivity contribution in [2.24, 2.45) is 11.8 Å². The summed E-state index contributed by atoms with van der Waals surface area (Å²) in [6.45, 7) is 16.0. The molecule has 42 heavy (non-hydrogen) atoms. The lowest BCUT2D eigenvalue weighted by atomic mass is 9.87. The fourth-order valence-electron chi connectivity index (χ4n) is 5.23. The molecule has 0 radical (unpaired) electrons. The lowest BCUT2D eigenvalue weighted by Crippen LogP contribution is -2.41. The second-order valence-electron chi connectivity index (χ2n) is 11.4. The monoisotopic (exact) mass is 604 g/mol. The number of hydrogen-bond donors (Lipinski definition) is 2. The van der Waals surface area contributed by atoms with Gasteiger partial charge in [0.1, 0.15) is 0 Å². The van der Waals surface area contributed by atoms with E-state index in [9.17, 15) is 14.2 Å². The molecule has 0 unspecified atom stereocenters. The van der Waals surface area contributed by atoms with Gasteiger partial charge in [-0.25, -0.2) is 11.0 Å². The Bertz CT molecular complexity index is 1090. The molecule has 2 amide bonds. The first-order valence-electron chi connectivity index (χ1n) is 14.8. The number of hydroxylamine groups is 2. The van der Waals surface area contributed by atoms with E-state index in [1.54, 1.807) is 48.5 Å². The Hall–Kier alpha value is -2.55. The van der Waals surface area contributed by atoms with Crippen molar-refractivity contribution in [3.8, 4) is 0 Å². The van der Waals surface area contributed by atoms with Gasteiger partial charge in [0.15, 0.2) is 0 Å². The summed E-state index contributed by atoms with van der Waals surface area (Å²) in [5.41, 5.74) is 5.85. The van der Waals surface area contributed by atoms with E-state index in [0.29, 0.717) is 22.3 Å². The van der Waals surface area contributed by atoms with Crippen LogP contribution in [0.3, 0.4) is 0 Å². The minimum atomic E-state index is -2.95. The molecule has 234 valence electrons. The van der Waals surface area contributed by atoms with Gasteiger partial charge in [0.2, 0.25) is 0 Å². The second kappa shape index (κ2) is 16.9. The predicted molar refractivity (Wildman–Crippen MR) is 165 cm³/mol. The van der Waals surface area contributed by atoms with Crippen LogP contribution >= 0.6 is 8.25 Å². The van der Waals surface area contributed by atoms with Crippen LogP contribution in [0.4, 0.5) is 0 Å². The van der Waals surface area contributed by atoms with Crippen molar-refractivity contribution < 1.29 is 32.9 Å². The Morgan fingerprint density at radius 2 is 1.00 bits per heavy atom. The molecule has 0 saturated heterocycles. The average molecular weight is 605 g/mol. The molecule has 0 spiro atoms. The van der Waals surface area contributed by atoms with Gasteiger partial charge in [0.25, 0.3) is 11.8 Å². The molecule has 2 aromatic rings. The quantitative estimate of drug-likeness (QED) is 0.133. The first kappa shape index (κ1) is 35.6. The maximum atomic E-state index is 12.9. The van der Waals surface area contributed by atoms with Crippen molar-refractivity contribution in [3.63, 3.8) is 0 Å². The highest BCUT2D eigenvalue weighted by molar-refractivity contribution is 7.33. The zero-order chi connectivity index (χ0) is 31.3. The van der Waals surface area contributed by atoms with E-state index in [2.05, 4.69) is 38.7 Å². The highest BCUT2D eigenvalue weighted by Gasteiger charge is 2.30. The van der Waals surface area contributed by atoms with E-state index in [4.69, 9.17) is 18.7 Å². The zero-order valence-corrected chi connectivity index (χ0v) is 27.4. The predicted octanol–water partition coefficient (Wildman–Crippen LogP) is 7.56. The summed E-state index contributed by atoms with van der Waals surface area (Å²) in [5, 5.41) is 0. The summed E-state index contributed by atoms with van der Waals surface area (Å²) in [5.74, 6) is -0.264. The molecule has 2 rings (SSSR count). The standard InChI is InChI=1S/C32H49N2O7P/c1-9-25(10-2)31(5,6)40-33-29(35)27-19-15-13-17-23(27)21-38-42(37)39-22-24-18-14-16-20-28(24)30(36)34-41-32(7,8)26(11-3)12-4/h13-20,25-26,42H,9-12,21-22H2,1-8H3,(H,33,35)(H,34,36). The first-order chi connectivity index (χ1) is 19.9. The van der Waals surface area contributed by atoms with Crippen LogP contribution in [0.25, 0.3) is 0 Å². The lowest BCUT2D eigenvalue weighted by Gasteiger charge is -2.32. The molecule has 0 aliphatic heterocycles. The molecule has 2 N–H and O–H groups in total. The van der Waals surface area contributed by atoms with Crippen LogP contribution in [0, 0.1) is 11.8 Å². The van der Waals surface area contributed by atoms with Crippen LogP contribution in [0.15, 0.2) is 48.5 Å². The van der Waals surface area contributed by atoms with Crippen molar-refractivity contribution >= 4 is 20.1 Å². The van der Waals surface area contributed by atoms with Gasteiger partial charge in [-0.1, -0.05) is 89.8 Å². The largest absolute Gasteiger partial charge is 0.319 e. The molecular formula is C32H49N2O7P.